The van der Waals surface area contributed by atoms with Crippen molar-refractivity contribution in [2.24, 2.45) is 11.3 Å². The van der Waals surface area contributed by atoms with Crippen molar-refractivity contribution in [1.29, 1.82) is 0 Å². The topological polar surface area (TPSA) is 57.6 Å². The van der Waals surface area contributed by atoms with Gasteiger partial charge in [0.25, 0.3) is 0 Å². The zero-order chi connectivity index (χ0) is 15.2. The van der Waals surface area contributed by atoms with Gasteiger partial charge in [-0.05, 0) is 25.3 Å². The Kier molecular flexibility index (Phi) is 3.23. The van der Waals surface area contributed by atoms with E-state index in [4.69, 9.17) is 0 Å². The van der Waals surface area contributed by atoms with Crippen molar-refractivity contribution >= 4 is 11.9 Å². The molecule has 112 valence electrons. The van der Waals surface area contributed by atoms with Crippen LogP contribution in [0, 0.1) is 11.3 Å². The Bertz CT molecular complexity index is 576. The van der Waals surface area contributed by atoms with Crippen LogP contribution in [0.3, 0.4) is 0 Å². The third-order valence-electron chi connectivity index (χ3n) is 4.95. The number of hydrogen-bond acceptors (Lipinski definition) is 2. The van der Waals surface area contributed by atoms with E-state index in [-0.39, 0.29) is 31.3 Å². The summed E-state index contributed by atoms with van der Waals surface area (Å²) in [6.07, 6.45) is -1.22. The van der Waals surface area contributed by atoms with Gasteiger partial charge in [0, 0.05) is 6.54 Å². The molecule has 4 nitrogen and oxygen atoms in total. The Hall–Kier alpha value is -1.91. The molecule has 4 atom stereocenters. The molecular formula is C16H18FNO3. The van der Waals surface area contributed by atoms with Gasteiger partial charge in [-0.2, -0.15) is 0 Å². The zero-order valence-corrected chi connectivity index (χ0v) is 11.8. The first-order valence-corrected chi connectivity index (χ1v) is 7.18. The van der Waals surface area contributed by atoms with Crippen molar-refractivity contribution in [2.45, 2.75) is 32.0 Å². The quantitative estimate of drug-likeness (QED) is 0.930. The highest BCUT2D eigenvalue weighted by Crippen LogP contribution is 2.52. The summed E-state index contributed by atoms with van der Waals surface area (Å²) in [6.45, 7) is 1.99. The molecule has 1 aliphatic carbocycles. The highest BCUT2D eigenvalue weighted by molar-refractivity contribution is 5.92. The van der Waals surface area contributed by atoms with E-state index in [9.17, 15) is 19.1 Å². The summed E-state index contributed by atoms with van der Waals surface area (Å²) < 4.78 is 13.6. The fourth-order valence-electron chi connectivity index (χ4n) is 3.74. The van der Waals surface area contributed by atoms with Gasteiger partial charge in [-0.25, -0.2) is 4.39 Å². The molecule has 2 unspecified atom stereocenters. The van der Waals surface area contributed by atoms with Gasteiger partial charge in [0.2, 0.25) is 5.91 Å². The number of carbonyl (C=O) groups excluding carboxylic acids is 1. The predicted molar refractivity (Wildman–Crippen MR) is 74.3 cm³/mol. The number of halogens is 1. The van der Waals surface area contributed by atoms with Crippen LogP contribution in [-0.4, -0.2) is 34.6 Å². The lowest BCUT2D eigenvalue weighted by Gasteiger charge is -2.28. The van der Waals surface area contributed by atoms with Gasteiger partial charge in [0.1, 0.15) is 6.17 Å². The lowest BCUT2D eigenvalue weighted by molar-refractivity contribution is -0.150. The van der Waals surface area contributed by atoms with Crippen LogP contribution < -0.4 is 0 Å². The largest absolute Gasteiger partial charge is 0.481 e. The van der Waals surface area contributed by atoms with Gasteiger partial charge < -0.3 is 10.0 Å². The molecule has 1 aromatic rings. The van der Waals surface area contributed by atoms with Crippen molar-refractivity contribution in [1.82, 2.24) is 4.90 Å². The Morgan fingerprint density at radius 1 is 1.43 bits per heavy atom. The molecule has 0 aromatic heterocycles. The molecular weight excluding hydrogens is 273 g/mol. The maximum Gasteiger partial charge on any atom is 0.312 e. The molecule has 0 bridgehead atoms. The molecule has 0 spiro atoms. The first kappa shape index (κ1) is 14.0. The van der Waals surface area contributed by atoms with E-state index in [1.165, 1.54) is 0 Å². The van der Waals surface area contributed by atoms with Crippen molar-refractivity contribution < 1.29 is 19.1 Å². The normalized spacial score (nSPS) is 33.0. The van der Waals surface area contributed by atoms with Crippen molar-refractivity contribution in [3.63, 3.8) is 0 Å². The van der Waals surface area contributed by atoms with Gasteiger partial charge in [0.05, 0.1) is 17.4 Å². The summed E-state index contributed by atoms with van der Waals surface area (Å²) in [7, 11) is 0. The number of nitrogens with zero attached hydrogens (tertiary/aromatic N) is 1. The minimum Gasteiger partial charge on any atom is -0.481 e. The molecule has 1 amide bonds. The number of likely N-dealkylation sites (tertiary alicyclic amines) is 1. The van der Waals surface area contributed by atoms with Gasteiger partial charge >= 0.3 is 5.97 Å². The average Bonchev–Trinajstić information content (AvgIpc) is 2.94. The lowest BCUT2D eigenvalue weighted by atomic mass is 9.80. The first-order chi connectivity index (χ1) is 9.95. The van der Waals surface area contributed by atoms with Crippen LogP contribution in [0.4, 0.5) is 4.39 Å². The molecule has 2 aliphatic rings. The van der Waals surface area contributed by atoms with Crippen LogP contribution in [-0.2, 0) is 9.59 Å². The molecule has 1 aromatic carbocycles. The third-order valence-corrected chi connectivity index (χ3v) is 4.95. The summed E-state index contributed by atoms with van der Waals surface area (Å²) in [5.74, 6) is -2.01. The molecule has 0 radical (unpaired) electrons. The summed E-state index contributed by atoms with van der Waals surface area (Å²) in [6, 6.07) is 9.30. The lowest BCUT2D eigenvalue weighted by Crippen LogP contribution is -2.36. The number of aliphatic carboxylic acids is 1. The second-order valence-corrected chi connectivity index (χ2v) is 6.10. The fraction of sp³-hybridized carbons (Fsp3) is 0.500. The number of rotatable bonds is 3. The van der Waals surface area contributed by atoms with Crippen LogP contribution >= 0.6 is 0 Å². The number of carbonyl (C=O) groups is 2. The number of fused-ring (bicyclic) bond motifs is 1. The molecule has 2 fully saturated rings. The number of carboxylic acid groups (broad SMARTS) is 1. The van der Waals surface area contributed by atoms with Crippen molar-refractivity contribution in [2.75, 3.05) is 6.54 Å². The zero-order valence-electron chi connectivity index (χ0n) is 11.8. The number of hydrogen-bond donors (Lipinski definition) is 1. The Morgan fingerprint density at radius 3 is 2.67 bits per heavy atom. The van der Waals surface area contributed by atoms with Crippen LogP contribution in [0.15, 0.2) is 30.3 Å². The second kappa shape index (κ2) is 4.83. The molecule has 1 heterocycles. The van der Waals surface area contributed by atoms with Gasteiger partial charge in [-0.15, -0.1) is 0 Å². The highest BCUT2D eigenvalue weighted by Gasteiger charge is 2.63. The van der Waals surface area contributed by atoms with E-state index in [1.54, 1.807) is 4.90 Å². The standard InChI is InChI=1S/C16H18FNO3/c1-10(11-5-3-2-4-6-11)18-9-16(15(20)21)8-12(17)7-13(16)14(18)19/h2-6,10,12-13H,7-9H2,1H3,(H,20,21)/t10-,12?,13+,16?/m1/s1. The molecule has 3 rings (SSSR count). The van der Waals surface area contributed by atoms with E-state index in [0.717, 1.165) is 5.56 Å². The molecule has 1 aliphatic heterocycles. The first-order valence-electron chi connectivity index (χ1n) is 7.18. The maximum absolute atomic E-state index is 13.6. The van der Waals surface area contributed by atoms with E-state index >= 15 is 0 Å². The Balaban J connectivity index is 1.91. The van der Waals surface area contributed by atoms with Crippen LogP contribution in [0.2, 0.25) is 0 Å². The van der Waals surface area contributed by atoms with Crippen LogP contribution in [0.25, 0.3) is 0 Å². The van der Waals surface area contributed by atoms with E-state index in [1.807, 2.05) is 37.3 Å². The predicted octanol–water partition coefficient (Wildman–Crippen LogP) is 2.41. The van der Waals surface area contributed by atoms with E-state index in [0.29, 0.717) is 0 Å². The average molecular weight is 291 g/mol. The molecule has 1 saturated heterocycles. The van der Waals surface area contributed by atoms with Gasteiger partial charge in [-0.1, -0.05) is 30.3 Å². The third kappa shape index (κ3) is 2.03. The SMILES string of the molecule is C[C@H](c1ccccc1)N1CC2(C(=O)O)CC(F)C[C@H]2C1=O. The van der Waals surface area contributed by atoms with Crippen molar-refractivity contribution in [3.05, 3.63) is 35.9 Å². The Labute approximate surface area is 122 Å². The minimum atomic E-state index is -1.25. The van der Waals surface area contributed by atoms with Gasteiger partial charge in [0.15, 0.2) is 0 Å². The fourth-order valence-corrected chi connectivity index (χ4v) is 3.74. The number of amides is 1. The maximum atomic E-state index is 13.6. The second-order valence-electron chi connectivity index (χ2n) is 6.10. The number of benzene rings is 1. The molecule has 1 saturated carbocycles. The van der Waals surface area contributed by atoms with E-state index < -0.39 is 23.5 Å². The highest BCUT2D eigenvalue weighted by atomic mass is 19.1. The smallest absolute Gasteiger partial charge is 0.312 e. The molecule has 5 heteroatoms. The monoisotopic (exact) mass is 291 g/mol. The van der Waals surface area contributed by atoms with Crippen LogP contribution in [0.1, 0.15) is 31.4 Å². The molecule has 1 N–H and O–H groups in total. The number of alkyl halides is 1. The van der Waals surface area contributed by atoms with E-state index in [2.05, 4.69) is 0 Å². The van der Waals surface area contributed by atoms with Crippen LogP contribution in [0.5, 0.6) is 0 Å². The number of carboxylic acids is 1. The Morgan fingerprint density at radius 2 is 2.10 bits per heavy atom. The summed E-state index contributed by atoms with van der Waals surface area (Å²) in [4.78, 5) is 25.8. The van der Waals surface area contributed by atoms with Crippen molar-refractivity contribution in [3.8, 4) is 0 Å². The summed E-state index contributed by atoms with van der Waals surface area (Å²) >= 11 is 0. The molecule has 21 heavy (non-hydrogen) atoms. The minimum absolute atomic E-state index is 0.0309. The summed E-state index contributed by atoms with van der Waals surface area (Å²) in [5, 5.41) is 9.53. The summed E-state index contributed by atoms with van der Waals surface area (Å²) in [5.41, 5.74) is -0.289. The van der Waals surface area contributed by atoms with Gasteiger partial charge in [-0.3, -0.25) is 9.59 Å².